The third-order valence-electron chi connectivity index (χ3n) is 3.91. The minimum atomic E-state index is -0.177. The number of nitrogens with one attached hydrogen (secondary N) is 1. The fourth-order valence-corrected chi connectivity index (χ4v) is 3.32. The van der Waals surface area contributed by atoms with Crippen molar-refractivity contribution in [2.45, 2.75) is 30.1 Å². The van der Waals surface area contributed by atoms with Crippen LogP contribution in [0.5, 0.6) is 11.5 Å². The molecule has 1 atom stereocenters. The lowest BCUT2D eigenvalue weighted by molar-refractivity contribution is -0.119. The Bertz CT molecular complexity index is 732. The first-order chi connectivity index (χ1) is 11.8. The van der Waals surface area contributed by atoms with Crippen LogP contribution < -0.4 is 14.8 Å². The summed E-state index contributed by atoms with van der Waals surface area (Å²) in [7, 11) is 0. The topological polar surface area (TPSA) is 78.3 Å². The van der Waals surface area contributed by atoms with Crippen molar-refractivity contribution in [3.63, 3.8) is 0 Å². The summed E-state index contributed by atoms with van der Waals surface area (Å²) in [4.78, 5) is 12.0. The molecule has 4 rings (SSSR count). The monoisotopic (exact) mass is 346 g/mol. The molecule has 1 saturated carbocycles. The summed E-state index contributed by atoms with van der Waals surface area (Å²) >= 11 is 1.41. The predicted molar refractivity (Wildman–Crippen MR) is 88.4 cm³/mol. The second-order valence-corrected chi connectivity index (χ2v) is 6.78. The highest BCUT2D eigenvalue weighted by molar-refractivity contribution is 7.99. The van der Waals surface area contributed by atoms with Crippen molar-refractivity contribution in [2.75, 3.05) is 18.9 Å². The van der Waals surface area contributed by atoms with Gasteiger partial charge in [0.25, 0.3) is 0 Å². The van der Waals surface area contributed by atoms with Crippen molar-refractivity contribution in [2.24, 2.45) is 0 Å². The zero-order chi connectivity index (χ0) is 16.4. The molecule has 1 N–H and O–H groups in total. The number of benzene rings is 1. The highest BCUT2D eigenvalue weighted by Crippen LogP contribution is 2.37. The summed E-state index contributed by atoms with van der Waals surface area (Å²) in [5.74, 6) is 1.73. The molecule has 0 saturated heterocycles. The standard InChI is InChI=1S/C16H18N4O3S/c21-15(9-24-16-19-18-10-20(16)11-5-6-11)17-7-12-8-22-13-3-1-2-4-14(13)23-12/h1-4,10-12H,5-9H2,(H,17,21)/t12-/m0/s1. The normalized spacial score (nSPS) is 19.1. The van der Waals surface area contributed by atoms with Gasteiger partial charge in [-0.25, -0.2) is 0 Å². The van der Waals surface area contributed by atoms with Gasteiger partial charge in [-0.2, -0.15) is 0 Å². The van der Waals surface area contributed by atoms with Gasteiger partial charge < -0.3 is 19.4 Å². The van der Waals surface area contributed by atoms with E-state index < -0.39 is 0 Å². The first kappa shape index (κ1) is 15.3. The van der Waals surface area contributed by atoms with E-state index in [1.54, 1.807) is 6.33 Å². The Labute approximate surface area is 143 Å². The van der Waals surface area contributed by atoms with Gasteiger partial charge in [-0.3, -0.25) is 4.79 Å². The largest absolute Gasteiger partial charge is 0.486 e. The van der Waals surface area contributed by atoms with Crippen molar-refractivity contribution in [1.29, 1.82) is 0 Å². The predicted octanol–water partition coefficient (Wildman–Crippen LogP) is 1.66. The van der Waals surface area contributed by atoms with E-state index in [2.05, 4.69) is 15.5 Å². The average Bonchev–Trinajstić information content (AvgIpc) is 3.36. The molecule has 2 heterocycles. The van der Waals surface area contributed by atoms with E-state index in [0.29, 0.717) is 24.9 Å². The number of para-hydroxylation sites is 2. The first-order valence-corrected chi connectivity index (χ1v) is 8.95. The average molecular weight is 346 g/mol. The maximum Gasteiger partial charge on any atom is 0.230 e. The lowest BCUT2D eigenvalue weighted by Crippen LogP contribution is -2.41. The molecule has 7 nitrogen and oxygen atoms in total. The molecule has 1 aliphatic carbocycles. The summed E-state index contributed by atoms with van der Waals surface area (Å²) in [6.07, 6.45) is 3.89. The van der Waals surface area contributed by atoms with Gasteiger partial charge in [0.05, 0.1) is 12.3 Å². The van der Waals surface area contributed by atoms with E-state index in [4.69, 9.17) is 9.47 Å². The van der Waals surface area contributed by atoms with E-state index in [0.717, 1.165) is 29.5 Å². The number of thioether (sulfide) groups is 1. The number of ether oxygens (including phenoxy) is 2. The van der Waals surface area contributed by atoms with E-state index in [1.807, 2.05) is 28.8 Å². The van der Waals surface area contributed by atoms with E-state index in [-0.39, 0.29) is 12.0 Å². The minimum absolute atomic E-state index is 0.0483. The van der Waals surface area contributed by atoms with Crippen LogP contribution in [0.1, 0.15) is 18.9 Å². The van der Waals surface area contributed by atoms with Crippen LogP contribution in [-0.4, -0.2) is 45.7 Å². The molecule has 2 aliphatic rings. The highest BCUT2D eigenvalue weighted by atomic mass is 32.2. The summed E-state index contributed by atoms with van der Waals surface area (Å²) in [6.45, 7) is 0.851. The van der Waals surface area contributed by atoms with Crippen molar-refractivity contribution in [1.82, 2.24) is 20.1 Å². The molecule has 24 heavy (non-hydrogen) atoms. The third-order valence-corrected chi connectivity index (χ3v) is 4.86. The number of rotatable bonds is 6. The van der Waals surface area contributed by atoms with E-state index in [9.17, 15) is 4.79 Å². The van der Waals surface area contributed by atoms with Gasteiger partial charge in [0.15, 0.2) is 16.7 Å². The first-order valence-electron chi connectivity index (χ1n) is 7.97. The van der Waals surface area contributed by atoms with Crippen molar-refractivity contribution in [3.05, 3.63) is 30.6 Å². The van der Waals surface area contributed by atoms with Crippen LogP contribution in [-0.2, 0) is 4.79 Å². The molecule has 8 heteroatoms. The Morgan fingerprint density at radius 1 is 1.33 bits per heavy atom. The summed E-state index contributed by atoms with van der Waals surface area (Å²) in [5.41, 5.74) is 0. The van der Waals surface area contributed by atoms with Crippen molar-refractivity contribution >= 4 is 17.7 Å². The Balaban J connectivity index is 1.23. The molecule has 1 amide bonds. The molecular weight excluding hydrogens is 328 g/mol. The molecule has 1 aromatic carbocycles. The summed E-state index contributed by atoms with van der Waals surface area (Å²) < 4.78 is 13.5. The van der Waals surface area contributed by atoms with Crippen LogP contribution in [0, 0.1) is 0 Å². The SMILES string of the molecule is O=C(CSc1nncn1C1CC1)NC[C@H]1COc2ccccc2O1. The number of amides is 1. The van der Waals surface area contributed by atoms with Crippen LogP contribution in [0.25, 0.3) is 0 Å². The van der Waals surface area contributed by atoms with Crippen LogP contribution in [0.15, 0.2) is 35.7 Å². The van der Waals surface area contributed by atoms with Crippen LogP contribution in [0.3, 0.4) is 0 Å². The number of hydrogen-bond donors (Lipinski definition) is 1. The lowest BCUT2D eigenvalue weighted by Gasteiger charge is -2.26. The van der Waals surface area contributed by atoms with Gasteiger partial charge in [-0.05, 0) is 25.0 Å². The van der Waals surface area contributed by atoms with Gasteiger partial charge in [-0.1, -0.05) is 23.9 Å². The van der Waals surface area contributed by atoms with Crippen molar-refractivity contribution in [3.8, 4) is 11.5 Å². The zero-order valence-electron chi connectivity index (χ0n) is 13.1. The number of carbonyl (C=O) groups is 1. The van der Waals surface area contributed by atoms with Gasteiger partial charge in [0.2, 0.25) is 5.91 Å². The van der Waals surface area contributed by atoms with Crippen LogP contribution in [0.2, 0.25) is 0 Å². The van der Waals surface area contributed by atoms with Gasteiger partial charge in [0, 0.05) is 6.04 Å². The Morgan fingerprint density at radius 2 is 2.17 bits per heavy atom. The molecule has 2 aromatic rings. The summed E-state index contributed by atoms with van der Waals surface area (Å²) in [6, 6.07) is 8.05. The van der Waals surface area contributed by atoms with E-state index in [1.165, 1.54) is 11.8 Å². The molecule has 1 aliphatic heterocycles. The van der Waals surface area contributed by atoms with Crippen molar-refractivity contribution < 1.29 is 14.3 Å². The lowest BCUT2D eigenvalue weighted by atomic mass is 10.2. The van der Waals surface area contributed by atoms with Gasteiger partial charge in [0.1, 0.15) is 19.0 Å². The Hall–Kier alpha value is -2.22. The second-order valence-electron chi connectivity index (χ2n) is 5.84. The molecular formula is C16H18N4O3S. The zero-order valence-corrected chi connectivity index (χ0v) is 13.9. The minimum Gasteiger partial charge on any atom is -0.486 e. The molecule has 0 unspecified atom stereocenters. The Kier molecular flexibility index (Phi) is 4.29. The van der Waals surface area contributed by atoms with E-state index >= 15 is 0 Å². The molecule has 0 radical (unpaired) electrons. The molecule has 0 spiro atoms. The van der Waals surface area contributed by atoms with Gasteiger partial charge in [-0.15, -0.1) is 10.2 Å². The molecule has 1 aromatic heterocycles. The second kappa shape index (κ2) is 6.72. The summed E-state index contributed by atoms with van der Waals surface area (Å²) in [5, 5.41) is 11.7. The maximum absolute atomic E-state index is 12.0. The number of fused-ring (bicyclic) bond motifs is 1. The highest BCUT2D eigenvalue weighted by Gasteiger charge is 2.26. The fraction of sp³-hybridized carbons (Fsp3) is 0.438. The molecule has 126 valence electrons. The number of nitrogens with zero attached hydrogens (tertiary/aromatic N) is 3. The molecule has 1 fully saturated rings. The Morgan fingerprint density at radius 3 is 3.00 bits per heavy atom. The maximum atomic E-state index is 12.0. The third kappa shape index (κ3) is 3.48. The fourth-order valence-electron chi connectivity index (χ4n) is 2.51. The number of carbonyl (C=O) groups excluding carboxylic acids is 1. The van der Waals surface area contributed by atoms with Crippen LogP contribution >= 0.6 is 11.8 Å². The molecule has 0 bridgehead atoms. The number of aromatic nitrogens is 3. The number of hydrogen-bond acceptors (Lipinski definition) is 6. The van der Waals surface area contributed by atoms with Crippen LogP contribution in [0.4, 0.5) is 0 Å². The van der Waals surface area contributed by atoms with Gasteiger partial charge >= 0.3 is 0 Å². The smallest absolute Gasteiger partial charge is 0.230 e. The quantitative estimate of drug-likeness (QED) is 0.802.